The highest BCUT2D eigenvalue weighted by molar-refractivity contribution is 7.27. The number of nitriles is 1. The molecule has 11 aromatic carbocycles. The molecule has 0 N–H and O–H groups in total. The second kappa shape index (κ2) is 15.7. The number of thiophene rings is 4. The van der Waals surface area contributed by atoms with E-state index in [-0.39, 0.29) is 0 Å². The van der Waals surface area contributed by atoms with Crippen LogP contribution in [0.25, 0.3) is 163 Å². The molecule has 0 aliphatic heterocycles. The minimum Gasteiger partial charge on any atom is -0.318 e. The molecule has 0 bridgehead atoms. The largest absolute Gasteiger partial charge is 0.318 e. The molecule has 6 heterocycles. The molecule has 0 unspecified atom stereocenters. The molecule has 0 amide bonds. The van der Waals surface area contributed by atoms with Crippen molar-refractivity contribution in [2.75, 3.05) is 0 Å². The number of aromatic nitrogens is 2. The Kier molecular flexibility index (Phi) is 8.73. The molecule has 0 saturated carbocycles. The van der Waals surface area contributed by atoms with Crippen LogP contribution < -0.4 is 0 Å². The quantitative estimate of drug-likeness (QED) is 0.162. The van der Waals surface area contributed by atoms with Crippen LogP contribution in [0, 0.1) is 17.9 Å². The predicted octanol–water partition coefficient (Wildman–Crippen LogP) is 21.1. The molecule has 8 heteroatoms. The van der Waals surface area contributed by atoms with Crippen LogP contribution in [0.2, 0.25) is 0 Å². The number of fused-ring (bicyclic) bond motifs is 20. The standard InChI is InChI=1S/C68H34N4S4/c1-70-64-60(37-26-28-43-39-14-4-10-22-54(39)73-58(43)34-37)49(36-69)65(71-50-20-8-2-18-47(50)62-52(71)32-30-45-41-16-6-12-24-56(41)75-67(45)62)61(38-27-29-44-40-15-5-11-23-55(40)74-59(44)35-38)66(64)72-51-21-9-3-19-48(51)63-53(72)33-31-46-42-17-7-13-25-57(42)76-68(46)63/h2-35H. The van der Waals surface area contributed by atoms with E-state index in [1.54, 1.807) is 22.7 Å². The van der Waals surface area contributed by atoms with Gasteiger partial charge in [-0.05, 0) is 71.8 Å². The van der Waals surface area contributed by atoms with Gasteiger partial charge in [0, 0.05) is 113 Å². The molecule has 4 nitrogen and oxygen atoms in total. The molecular formula is C68H34N4S4. The highest BCUT2D eigenvalue weighted by Crippen LogP contribution is 2.55. The number of para-hydroxylation sites is 2. The number of benzene rings is 11. The fourth-order valence-electron chi connectivity index (χ4n) is 12.6. The molecular weight excluding hydrogens is 1000 g/mol. The van der Waals surface area contributed by atoms with Crippen LogP contribution in [-0.4, -0.2) is 9.13 Å². The van der Waals surface area contributed by atoms with Crippen molar-refractivity contribution in [2.24, 2.45) is 0 Å². The molecule has 0 radical (unpaired) electrons. The van der Waals surface area contributed by atoms with Gasteiger partial charge in [-0.3, -0.25) is 0 Å². The summed E-state index contributed by atoms with van der Waals surface area (Å²) in [4.78, 5) is 4.72. The lowest BCUT2D eigenvalue weighted by Crippen LogP contribution is -2.08. The van der Waals surface area contributed by atoms with Gasteiger partial charge in [0.15, 0.2) is 0 Å². The van der Waals surface area contributed by atoms with Gasteiger partial charge in [-0.25, -0.2) is 4.85 Å². The van der Waals surface area contributed by atoms with Gasteiger partial charge in [-0.1, -0.05) is 146 Å². The SMILES string of the molecule is [C-]#[N+]c1c(-c2ccc3c(c2)sc2ccccc23)c(C#N)c(-n2c3ccccc3c3c4sc5ccccc5c4ccc32)c(-c2ccc3c(c2)sc2ccccc23)c1-n1c2ccccc2c2c3sc4ccccc4c3ccc21. The van der Waals surface area contributed by atoms with E-state index in [1.807, 2.05) is 22.7 Å². The smallest absolute Gasteiger partial charge is 0.220 e. The Morgan fingerprint density at radius 2 is 0.737 bits per heavy atom. The van der Waals surface area contributed by atoms with Crippen LogP contribution >= 0.6 is 45.3 Å². The minimum atomic E-state index is 0.430. The van der Waals surface area contributed by atoms with Crippen molar-refractivity contribution >= 4 is 175 Å². The second-order valence-corrected chi connectivity index (χ2v) is 23.9. The third-order valence-electron chi connectivity index (χ3n) is 15.8. The first-order valence-corrected chi connectivity index (χ1v) is 28.4. The van der Waals surface area contributed by atoms with E-state index in [1.165, 1.54) is 65.9 Å². The Hall–Kier alpha value is -9.12. The van der Waals surface area contributed by atoms with Crippen molar-refractivity contribution < 1.29 is 0 Å². The van der Waals surface area contributed by atoms with Gasteiger partial charge in [0.25, 0.3) is 0 Å². The minimum absolute atomic E-state index is 0.430. The normalized spacial score (nSPS) is 12.2. The summed E-state index contributed by atoms with van der Waals surface area (Å²) in [5.74, 6) is 0. The maximum atomic E-state index is 12.3. The molecule has 0 aliphatic carbocycles. The monoisotopic (exact) mass is 1030 g/mol. The summed E-state index contributed by atoms with van der Waals surface area (Å²) in [6.45, 7) is 9.64. The van der Waals surface area contributed by atoms with Gasteiger partial charge in [0.05, 0.1) is 45.6 Å². The van der Waals surface area contributed by atoms with Crippen LogP contribution in [0.3, 0.4) is 0 Å². The topological polar surface area (TPSA) is 38.0 Å². The van der Waals surface area contributed by atoms with Gasteiger partial charge >= 0.3 is 0 Å². The highest BCUT2D eigenvalue weighted by Gasteiger charge is 2.33. The number of hydrogen-bond acceptors (Lipinski definition) is 5. The first kappa shape index (κ1) is 42.3. The molecule has 0 saturated heterocycles. The number of nitrogens with zero attached hydrogens (tertiary/aromatic N) is 4. The molecule has 0 spiro atoms. The van der Waals surface area contributed by atoms with Gasteiger partial charge in [-0.15, -0.1) is 45.3 Å². The summed E-state index contributed by atoms with van der Waals surface area (Å²) in [5, 5.41) is 26.5. The number of hydrogen-bond donors (Lipinski definition) is 0. The van der Waals surface area contributed by atoms with E-state index in [4.69, 9.17) is 4.85 Å². The fraction of sp³-hybridized carbons (Fsp3) is 0. The Bertz CT molecular complexity index is 5300. The highest BCUT2D eigenvalue weighted by atomic mass is 32.1. The van der Waals surface area contributed by atoms with Crippen molar-refractivity contribution in [1.29, 1.82) is 5.26 Å². The van der Waals surface area contributed by atoms with Gasteiger partial charge in [0.2, 0.25) is 5.69 Å². The third-order valence-corrected chi connectivity index (χ3v) is 20.5. The summed E-state index contributed by atoms with van der Waals surface area (Å²) in [6.07, 6.45) is 0. The van der Waals surface area contributed by atoms with Crippen LogP contribution in [0.1, 0.15) is 5.56 Å². The van der Waals surface area contributed by atoms with E-state index in [0.29, 0.717) is 16.8 Å². The van der Waals surface area contributed by atoms with E-state index in [0.717, 1.165) is 86.5 Å². The average Bonchev–Trinajstić information content (AvgIpc) is 4.36. The van der Waals surface area contributed by atoms with Crippen molar-refractivity contribution in [3.8, 4) is 39.7 Å². The van der Waals surface area contributed by atoms with Gasteiger partial charge < -0.3 is 9.13 Å². The molecule has 0 fully saturated rings. The Morgan fingerprint density at radius 1 is 0.355 bits per heavy atom. The molecule has 17 aromatic rings. The summed E-state index contributed by atoms with van der Waals surface area (Å²) in [6, 6.07) is 77.2. The van der Waals surface area contributed by atoms with Crippen LogP contribution in [0.5, 0.6) is 0 Å². The molecule has 350 valence electrons. The van der Waals surface area contributed by atoms with E-state index >= 15 is 0 Å². The first-order valence-electron chi connectivity index (χ1n) is 25.2. The van der Waals surface area contributed by atoms with Crippen molar-refractivity contribution in [2.45, 2.75) is 0 Å². The maximum Gasteiger partial charge on any atom is 0.220 e. The molecule has 0 aliphatic rings. The summed E-state index contributed by atoms with van der Waals surface area (Å²) in [5.41, 5.74) is 9.57. The number of rotatable bonds is 4. The van der Waals surface area contributed by atoms with Crippen LogP contribution in [0.15, 0.2) is 206 Å². The molecule has 6 aromatic heterocycles. The first-order chi connectivity index (χ1) is 37.6. The summed E-state index contributed by atoms with van der Waals surface area (Å²) < 4.78 is 14.3. The second-order valence-electron chi connectivity index (χ2n) is 19.6. The Labute approximate surface area is 449 Å². The molecule has 0 atom stereocenters. The summed E-state index contributed by atoms with van der Waals surface area (Å²) in [7, 11) is 0. The third kappa shape index (κ3) is 5.63. The molecule has 17 rings (SSSR count). The predicted molar refractivity (Wildman–Crippen MR) is 329 cm³/mol. The Morgan fingerprint density at radius 3 is 1.21 bits per heavy atom. The zero-order chi connectivity index (χ0) is 49.9. The van der Waals surface area contributed by atoms with E-state index < -0.39 is 0 Å². The van der Waals surface area contributed by atoms with E-state index in [2.05, 4.69) is 221 Å². The van der Waals surface area contributed by atoms with Crippen molar-refractivity contribution in [1.82, 2.24) is 9.13 Å². The van der Waals surface area contributed by atoms with Crippen molar-refractivity contribution in [3.63, 3.8) is 0 Å². The lowest BCUT2D eigenvalue weighted by molar-refractivity contribution is 1.14. The zero-order valence-corrected chi connectivity index (χ0v) is 43.3. The fourth-order valence-corrected chi connectivity index (χ4v) is 17.4. The zero-order valence-electron chi connectivity index (χ0n) is 40.1. The maximum absolute atomic E-state index is 12.3. The lowest BCUT2D eigenvalue weighted by Gasteiger charge is -2.26. The van der Waals surface area contributed by atoms with Gasteiger partial charge in [-0.2, -0.15) is 5.26 Å². The lowest BCUT2D eigenvalue weighted by atomic mass is 9.88. The molecule has 76 heavy (non-hydrogen) atoms. The average molecular weight is 1040 g/mol. The van der Waals surface area contributed by atoms with Gasteiger partial charge in [0.1, 0.15) is 6.07 Å². The van der Waals surface area contributed by atoms with E-state index in [9.17, 15) is 11.8 Å². The van der Waals surface area contributed by atoms with Crippen molar-refractivity contribution in [3.05, 3.63) is 223 Å². The van der Waals surface area contributed by atoms with Crippen LogP contribution in [0.4, 0.5) is 5.69 Å². The van der Waals surface area contributed by atoms with Crippen LogP contribution in [-0.2, 0) is 0 Å². The Balaban J connectivity index is 1.12. The summed E-state index contributed by atoms with van der Waals surface area (Å²) >= 11 is 7.18.